The van der Waals surface area contributed by atoms with Crippen molar-refractivity contribution in [2.45, 2.75) is 31.3 Å². The molecule has 158 valence electrons. The second kappa shape index (κ2) is 11.1. The largest absolute Gasteiger partial charge is 0.550 e. The first kappa shape index (κ1) is 24.1. The maximum Gasteiger partial charge on any atom is 0.195 e. The number of aliphatic carboxylic acids is 1. The molecule has 2 unspecified atom stereocenters. The quantitative estimate of drug-likeness (QED) is 0.591. The highest BCUT2D eigenvalue weighted by Crippen LogP contribution is 2.36. The van der Waals surface area contributed by atoms with Crippen LogP contribution in [-0.2, 0) is 4.79 Å². The number of hydrogen-bond acceptors (Lipinski definition) is 6. The molecule has 0 bridgehead atoms. The number of nitrogens with one attached hydrogen (secondary N) is 1. The Balaban J connectivity index is 0.000000416. The van der Waals surface area contributed by atoms with E-state index in [1.165, 1.54) is 37.2 Å². The van der Waals surface area contributed by atoms with Crippen molar-refractivity contribution in [2.24, 2.45) is 5.92 Å². The Labute approximate surface area is 167 Å². The fourth-order valence-corrected chi connectivity index (χ4v) is 3.18. The Kier molecular flexibility index (Phi) is 9.58. The lowest BCUT2D eigenvalue weighted by molar-refractivity contribution is -0.857. The number of methoxy groups -OCH3 is 1. The molecule has 0 spiro atoms. The molecular weight excluding hydrogens is 360 g/mol. The maximum atomic E-state index is 12.5. The molecular formula is C21H34N2O5. The topological polar surface area (TPSA) is 94.3 Å². The van der Waals surface area contributed by atoms with E-state index >= 15 is 0 Å². The molecule has 0 aliphatic heterocycles. The van der Waals surface area contributed by atoms with Gasteiger partial charge in [0.2, 0.25) is 0 Å². The lowest BCUT2D eigenvalue weighted by Crippen LogP contribution is -3.06. The number of carbonyl (C=O) groups excluding carboxylic acids is 2. The Morgan fingerprint density at radius 3 is 2.29 bits per heavy atom. The summed E-state index contributed by atoms with van der Waals surface area (Å²) in [4.78, 5) is 27.3. The van der Waals surface area contributed by atoms with Gasteiger partial charge in [-0.15, -0.1) is 0 Å². The number of quaternary nitrogens is 1. The van der Waals surface area contributed by atoms with Gasteiger partial charge in [0, 0.05) is 24.0 Å². The summed E-state index contributed by atoms with van der Waals surface area (Å²) in [5, 5.41) is 21.7. The molecule has 0 amide bonds. The van der Waals surface area contributed by atoms with Gasteiger partial charge in [0.1, 0.15) is 11.4 Å². The highest BCUT2D eigenvalue weighted by atomic mass is 16.5. The molecule has 2 rings (SSSR count). The predicted molar refractivity (Wildman–Crippen MR) is 105 cm³/mol. The van der Waals surface area contributed by atoms with E-state index in [0.717, 1.165) is 0 Å². The van der Waals surface area contributed by atoms with Crippen molar-refractivity contribution in [3.8, 4) is 5.75 Å². The molecule has 1 aliphatic rings. The van der Waals surface area contributed by atoms with Gasteiger partial charge in [0.05, 0.1) is 27.7 Å². The zero-order valence-electron chi connectivity index (χ0n) is 17.7. The number of aliphatic hydroxyl groups is 1. The summed E-state index contributed by atoms with van der Waals surface area (Å²) in [6.07, 6.45) is 1.72. The maximum absolute atomic E-state index is 12.5. The Morgan fingerprint density at radius 1 is 1.25 bits per heavy atom. The summed E-state index contributed by atoms with van der Waals surface area (Å²) in [5.74, 6) is -2.48. The minimum atomic E-state index is -1.87. The molecule has 0 heterocycles. The van der Waals surface area contributed by atoms with E-state index in [0.29, 0.717) is 18.6 Å². The zero-order chi connectivity index (χ0) is 21.3. The lowest BCUT2D eigenvalue weighted by Gasteiger charge is -2.39. The van der Waals surface area contributed by atoms with Crippen molar-refractivity contribution < 1.29 is 29.4 Å². The summed E-state index contributed by atoms with van der Waals surface area (Å²) in [6.45, 7) is 2.41. The number of nitrogens with zero attached hydrogens (tertiary/aromatic N) is 1. The fraction of sp³-hybridized carbons (Fsp3) is 0.619. The van der Waals surface area contributed by atoms with Crippen LogP contribution in [0, 0.1) is 5.92 Å². The molecule has 28 heavy (non-hydrogen) atoms. The Bertz CT molecular complexity index is 622. The van der Waals surface area contributed by atoms with Gasteiger partial charge in [-0.3, -0.25) is 4.79 Å². The number of carboxylic acids is 1. The van der Waals surface area contributed by atoms with Crippen LogP contribution in [-0.4, -0.2) is 75.8 Å². The van der Waals surface area contributed by atoms with Crippen molar-refractivity contribution >= 4 is 11.8 Å². The average molecular weight is 395 g/mol. The molecule has 1 aromatic carbocycles. The van der Waals surface area contributed by atoms with Crippen LogP contribution < -0.4 is 14.7 Å². The summed E-state index contributed by atoms with van der Waals surface area (Å²) in [7, 11) is 10.1. The highest BCUT2D eigenvalue weighted by molar-refractivity contribution is 6.04. The normalized spacial score (nSPS) is 21.8. The predicted octanol–water partition coefficient (Wildman–Crippen LogP) is -0.758. The van der Waals surface area contributed by atoms with Gasteiger partial charge in [-0.05, 0) is 51.2 Å². The summed E-state index contributed by atoms with van der Waals surface area (Å²) < 4.78 is 5.00. The number of carboxylic acid groups (broad SMARTS) is 1. The third-order valence-corrected chi connectivity index (χ3v) is 4.97. The number of ether oxygens (including phenoxy) is 1. The number of carbonyl (C=O) groups is 2. The van der Waals surface area contributed by atoms with Crippen LogP contribution in [0.5, 0.6) is 5.75 Å². The number of hydrogen-bond donors (Lipinski definition) is 2. The van der Waals surface area contributed by atoms with E-state index in [9.17, 15) is 19.8 Å². The van der Waals surface area contributed by atoms with Gasteiger partial charge in [0.25, 0.3) is 0 Å². The monoisotopic (exact) mass is 394 g/mol. The van der Waals surface area contributed by atoms with Crippen LogP contribution in [0.2, 0.25) is 0 Å². The van der Waals surface area contributed by atoms with E-state index < -0.39 is 23.3 Å². The Morgan fingerprint density at radius 2 is 1.86 bits per heavy atom. The molecule has 1 saturated carbocycles. The van der Waals surface area contributed by atoms with E-state index in [4.69, 9.17) is 4.74 Å². The van der Waals surface area contributed by atoms with Crippen LogP contribution >= 0.6 is 0 Å². The molecule has 7 heteroatoms. The first-order valence-electron chi connectivity index (χ1n) is 9.67. The highest BCUT2D eigenvalue weighted by Gasteiger charge is 2.46. The van der Waals surface area contributed by atoms with Crippen molar-refractivity contribution in [1.29, 1.82) is 0 Å². The van der Waals surface area contributed by atoms with E-state index in [1.807, 2.05) is 0 Å². The fourth-order valence-electron chi connectivity index (χ4n) is 3.18. The van der Waals surface area contributed by atoms with E-state index in [-0.39, 0.29) is 18.4 Å². The molecule has 0 saturated heterocycles. The molecule has 1 aromatic rings. The smallest absolute Gasteiger partial charge is 0.195 e. The molecule has 0 aromatic heterocycles. The summed E-state index contributed by atoms with van der Waals surface area (Å²) in [5.41, 5.74) is -1.59. The van der Waals surface area contributed by atoms with Crippen molar-refractivity contribution in [3.63, 3.8) is 0 Å². The van der Waals surface area contributed by atoms with Crippen LogP contribution in [0.15, 0.2) is 24.3 Å². The number of rotatable bonds is 7. The van der Waals surface area contributed by atoms with Crippen LogP contribution in [0.4, 0.5) is 0 Å². The second-order valence-corrected chi connectivity index (χ2v) is 7.86. The van der Waals surface area contributed by atoms with Crippen LogP contribution in [0.1, 0.15) is 36.0 Å². The van der Waals surface area contributed by atoms with E-state index in [2.05, 4.69) is 33.1 Å². The molecule has 2 N–H and O–H groups in total. The van der Waals surface area contributed by atoms with Gasteiger partial charge in [-0.2, -0.15) is 0 Å². The minimum absolute atomic E-state index is 0.149. The van der Waals surface area contributed by atoms with Gasteiger partial charge in [0.15, 0.2) is 5.78 Å². The molecule has 1 fully saturated rings. The average Bonchev–Trinajstić information content (AvgIpc) is 2.66. The lowest BCUT2D eigenvalue weighted by atomic mass is 9.71. The van der Waals surface area contributed by atoms with Gasteiger partial charge >= 0.3 is 0 Å². The Hall–Kier alpha value is -1.96. The second-order valence-electron chi connectivity index (χ2n) is 7.86. The minimum Gasteiger partial charge on any atom is -0.550 e. The SMILES string of the molecule is CN(C)CC[NH+](C)C.COc1ccc(C(=O)C2(O)CCCCC2C(=O)[O-])cc1. The van der Waals surface area contributed by atoms with E-state index in [1.54, 1.807) is 12.1 Å². The van der Waals surface area contributed by atoms with Gasteiger partial charge < -0.3 is 29.5 Å². The standard InChI is InChI=1S/C15H18O5.C6H16N2/c1-20-11-7-5-10(6-8-11)13(16)15(19)9-3-2-4-12(15)14(17)18;1-7(2)5-6-8(3)4/h5-8,12,19H,2-4,9H2,1H3,(H,17,18);5-6H2,1-4H3. The molecule has 1 aliphatic carbocycles. The molecule has 7 nitrogen and oxygen atoms in total. The van der Waals surface area contributed by atoms with Gasteiger partial charge in [-0.1, -0.05) is 12.8 Å². The van der Waals surface area contributed by atoms with Crippen LogP contribution in [0.25, 0.3) is 0 Å². The first-order chi connectivity index (χ1) is 13.1. The van der Waals surface area contributed by atoms with Crippen molar-refractivity contribution in [2.75, 3.05) is 48.4 Å². The molecule has 2 atom stereocenters. The van der Waals surface area contributed by atoms with Crippen molar-refractivity contribution in [1.82, 2.24) is 4.90 Å². The zero-order valence-corrected chi connectivity index (χ0v) is 17.7. The van der Waals surface area contributed by atoms with Gasteiger partial charge in [-0.25, -0.2) is 0 Å². The van der Waals surface area contributed by atoms with Crippen molar-refractivity contribution in [3.05, 3.63) is 29.8 Å². The summed E-state index contributed by atoms with van der Waals surface area (Å²) in [6, 6.07) is 6.26. The number of ketones is 1. The third-order valence-electron chi connectivity index (χ3n) is 4.97. The van der Waals surface area contributed by atoms with Crippen LogP contribution in [0.3, 0.4) is 0 Å². The number of Topliss-reactive ketones (excluding diaryl/α,β-unsaturated/α-hetero) is 1. The summed E-state index contributed by atoms with van der Waals surface area (Å²) >= 11 is 0. The number of likely N-dealkylation sites (N-methyl/N-ethyl adjacent to an activating group) is 2. The number of benzene rings is 1. The third kappa shape index (κ3) is 6.89. The first-order valence-corrected chi connectivity index (χ1v) is 9.67. The molecule has 0 radical (unpaired) electrons.